The van der Waals surface area contributed by atoms with Crippen LogP contribution in [0, 0.1) is 0 Å². The Labute approximate surface area is 103 Å². The first-order valence-corrected chi connectivity index (χ1v) is 6.36. The van der Waals surface area contributed by atoms with Crippen LogP contribution in [0.25, 0.3) is 0 Å². The average Bonchev–Trinajstić information content (AvgIpc) is 2.12. The number of nitrogens with zero attached hydrogens (tertiary/aromatic N) is 1. The first-order valence-electron chi connectivity index (χ1n) is 4.65. The number of urea groups is 1. The van der Waals surface area contributed by atoms with Gasteiger partial charge in [0, 0.05) is 6.54 Å². The van der Waals surface area contributed by atoms with Crippen molar-refractivity contribution in [3.8, 4) is 0 Å². The predicted molar refractivity (Wildman–Crippen MR) is 59.8 cm³/mol. The molecule has 6 N–H and O–H groups in total. The fraction of sp³-hybridized carbons (Fsp3) is 0.571. The Balaban J connectivity index is 4.37. The second kappa shape index (κ2) is 6.76. The number of primary sulfonamides is 1. The highest BCUT2D eigenvalue weighted by atomic mass is 32.2. The topological polar surface area (TPSA) is 173 Å². The Kier molecular flexibility index (Phi) is 6.05. The second-order valence-electron chi connectivity index (χ2n) is 3.32. The molecule has 0 heterocycles. The van der Waals surface area contributed by atoms with E-state index in [1.54, 1.807) is 0 Å². The highest BCUT2D eigenvalue weighted by Gasteiger charge is 2.18. The van der Waals surface area contributed by atoms with Crippen LogP contribution in [0.1, 0.15) is 0 Å². The van der Waals surface area contributed by atoms with E-state index in [2.05, 4.69) is 5.32 Å². The van der Waals surface area contributed by atoms with Gasteiger partial charge in [-0.05, 0) is 0 Å². The minimum Gasteiger partial charge on any atom is -0.480 e. The van der Waals surface area contributed by atoms with Crippen molar-refractivity contribution in [2.24, 2.45) is 10.9 Å². The smallest absolute Gasteiger partial charge is 0.323 e. The molecule has 0 fully saturated rings. The van der Waals surface area contributed by atoms with Crippen LogP contribution >= 0.6 is 0 Å². The zero-order valence-electron chi connectivity index (χ0n) is 9.33. The maximum absolute atomic E-state index is 11.4. The summed E-state index contributed by atoms with van der Waals surface area (Å²) >= 11 is 0. The zero-order valence-corrected chi connectivity index (χ0v) is 10.1. The molecule has 0 radical (unpaired) electrons. The molecule has 0 bridgehead atoms. The molecule has 0 saturated heterocycles. The molecule has 0 aromatic carbocycles. The number of carbonyl (C=O) groups excluding carboxylic acids is 2. The number of carboxylic acid groups (broad SMARTS) is 1. The summed E-state index contributed by atoms with van der Waals surface area (Å²) in [7, 11) is -3.73. The van der Waals surface area contributed by atoms with E-state index in [1.807, 2.05) is 0 Å². The summed E-state index contributed by atoms with van der Waals surface area (Å²) in [5.41, 5.74) is 4.84. The minimum absolute atomic E-state index is 0.299. The van der Waals surface area contributed by atoms with Crippen molar-refractivity contribution in [3.05, 3.63) is 0 Å². The summed E-state index contributed by atoms with van der Waals surface area (Å²) in [4.78, 5) is 33.1. The number of hydrogen-bond acceptors (Lipinski definition) is 5. The number of primary amides is 1. The molecule has 0 rings (SSSR count). The molecular formula is C7H14N4O6S. The maximum atomic E-state index is 11.4. The summed E-state index contributed by atoms with van der Waals surface area (Å²) < 4.78 is 21.2. The molecule has 0 atom stereocenters. The third kappa shape index (κ3) is 8.29. The molecule has 0 aliphatic rings. The van der Waals surface area contributed by atoms with Gasteiger partial charge in [0.25, 0.3) is 0 Å². The number of sulfonamides is 1. The molecule has 0 spiro atoms. The lowest BCUT2D eigenvalue weighted by Crippen LogP contribution is -2.47. The van der Waals surface area contributed by atoms with Crippen LogP contribution in [-0.2, 0) is 19.6 Å². The van der Waals surface area contributed by atoms with Crippen molar-refractivity contribution in [3.63, 3.8) is 0 Å². The van der Waals surface area contributed by atoms with Crippen LogP contribution in [0.2, 0.25) is 0 Å². The van der Waals surface area contributed by atoms with Gasteiger partial charge in [0.2, 0.25) is 15.9 Å². The largest absolute Gasteiger partial charge is 0.480 e. The Hall–Kier alpha value is -1.88. The standard InChI is InChI=1S/C7H14N4O6S/c8-5(12)3-11(4-6(13)14)7(15)10-1-2-18(9,16)17/h1-4H2,(H2,8,12)(H,10,15)(H,13,14)(H2,9,16,17). The highest BCUT2D eigenvalue weighted by Crippen LogP contribution is 1.89. The molecule has 10 nitrogen and oxygen atoms in total. The van der Waals surface area contributed by atoms with Crippen molar-refractivity contribution < 1.29 is 27.9 Å². The van der Waals surface area contributed by atoms with Crippen molar-refractivity contribution in [2.75, 3.05) is 25.4 Å². The van der Waals surface area contributed by atoms with E-state index in [9.17, 15) is 22.8 Å². The van der Waals surface area contributed by atoms with E-state index in [4.69, 9.17) is 16.0 Å². The molecule has 0 aliphatic heterocycles. The first kappa shape index (κ1) is 16.1. The first-order chi connectivity index (χ1) is 8.11. The monoisotopic (exact) mass is 282 g/mol. The summed E-state index contributed by atoms with van der Waals surface area (Å²) in [5.74, 6) is -2.73. The Morgan fingerprint density at radius 3 is 2.17 bits per heavy atom. The van der Waals surface area contributed by atoms with E-state index < -0.39 is 46.8 Å². The van der Waals surface area contributed by atoms with Crippen molar-refractivity contribution in [1.82, 2.24) is 10.2 Å². The summed E-state index contributed by atoms with van der Waals surface area (Å²) in [6.07, 6.45) is 0. The third-order valence-corrected chi connectivity index (χ3v) is 2.40. The van der Waals surface area contributed by atoms with Gasteiger partial charge in [-0.1, -0.05) is 0 Å². The number of rotatable bonds is 7. The fourth-order valence-corrected chi connectivity index (χ4v) is 1.35. The van der Waals surface area contributed by atoms with Crippen molar-refractivity contribution >= 4 is 27.9 Å². The third-order valence-electron chi connectivity index (χ3n) is 1.62. The number of carboxylic acids is 1. The lowest BCUT2D eigenvalue weighted by atomic mass is 10.4. The van der Waals surface area contributed by atoms with Gasteiger partial charge in [-0.25, -0.2) is 18.4 Å². The minimum atomic E-state index is -3.73. The molecule has 0 saturated carbocycles. The summed E-state index contributed by atoms with van der Waals surface area (Å²) in [5, 5.41) is 15.3. The Morgan fingerprint density at radius 1 is 1.22 bits per heavy atom. The van der Waals surface area contributed by atoms with Gasteiger partial charge in [0.1, 0.15) is 13.1 Å². The molecule has 3 amide bonds. The molecule has 104 valence electrons. The van der Waals surface area contributed by atoms with Crippen molar-refractivity contribution in [2.45, 2.75) is 0 Å². The average molecular weight is 282 g/mol. The highest BCUT2D eigenvalue weighted by molar-refractivity contribution is 7.89. The van der Waals surface area contributed by atoms with E-state index in [-0.39, 0.29) is 6.54 Å². The Bertz CT molecular complexity index is 417. The van der Waals surface area contributed by atoms with E-state index in [0.29, 0.717) is 4.90 Å². The molecule has 11 heteroatoms. The molecule has 0 aliphatic carbocycles. The lowest BCUT2D eigenvalue weighted by molar-refractivity contribution is -0.137. The molecule has 0 aromatic heterocycles. The number of nitrogens with two attached hydrogens (primary N) is 2. The predicted octanol–water partition coefficient (Wildman–Crippen LogP) is -3.14. The SMILES string of the molecule is NC(=O)CN(CC(=O)O)C(=O)NCCS(N)(=O)=O. The fourth-order valence-electron chi connectivity index (χ4n) is 0.963. The number of carbonyl (C=O) groups is 3. The van der Waals surface area contributed by atoms with Crippen LogP contribution in [0.5, 0.6) is 0 Å². The van der Waals surface area contributed by atoms with Gasteiger partial charge in [-0.2, -0.15) is 0 Å². The summed E-state index contributed by atoms with van der Waals surface area (Å²) in [6, 6.07) is -0.917. The maximum Gasteiger partial charge on any atom is 0.323 e. The quantitative estimate of drug-likeness (QED) is 0.384. The van der Waals surface area contributed by atoms with Gasteiger partial charge >= 0.3 is 12.0 Å². The number of nitrogens with one attached hydrogen (secondary N) is 1. The summed E-state index contributed by atoms with van der Waals surface area (Å²) in [6.45, 7) is -1.62. The van der Waals surface area contributed by atoms with Crippen LogP contribution in [-0.4, -0.2) is 61.7 Å². The molecular weight excluding hydrogens is 268 g/mol. The molecule has 18 heavy (non-hydrogen) atoms. The number of amides is 3. The van der Waals surface area contributed by atoms with Crippen LogP contribution < -0.4 is 16.2 Å². The normalized spacial score (nSPS) is 10.7. The molecule has 0 aromatic rings. The number of hydrogen-bond donors (Lipinski definition) is 4. The van der Waals surface area contributed by atoms with Crippen LogP contribution in [0.3, 0.4) is 0 Å². The van der Waals surface area contributed by atoms with Gasteiger partial charge in [0.05, 0.1) is 5.75 Å². The van der Waals surface area contributed by atoms with E-state index >= 15 is 0 Å². The second-order valence-corrected chi connectivity index (χ2v) is 5.05. The van der Waals surface area contributed by atoms with E-state index in [0.717, 1.165) is 0 Å². The van der Waals surface area contributed by atoms with E-state index in [1.165, 1.54) is 0 Å². The van der Waals surface area contributed by atoms with Gasteiger partial charge in [-0.3, -0.25) is 9.59 Å². The van der Waals surface area contributed by atoms with Crippen molar-refractivity contribution in [1.29, 1.82) is 0 Å². The van der Waals surface area contributed by atoms with Gasteiger partial charge in [0.15, 0.2) is 0 Å². The lowest BCUT2D eigenvalue weighted by Gasteiger charge is -2.19. The van der Waals surface area contributed by atoms with Crippen LogP contribution in [0.15, 0.2) is 0 Å². The number of aliphatic carboxylic acids is 1. The van der Waals surface area contributed by atoms with Gasteiger partial charge < -0.3 is 21.1 Å². The Morgan fingerprint density at radius 2 is 1.78 bits per heavy atom. The van der Waals surface area contributed by atoms with Gasteiger partial charge in [-0.15, -0.1) is 0 Å². The van der Waals surface area contributed by atoms with Crippen LogP contribution in [0.4, 0.5) is 4.79 Å². The zero-order chi connectivity index (χ0) is 14.3. The molecule has 0 unspecified atom stereocenters.